The van der Waals surface area contributed by atoms with E-state index in [1.165, 1.54) is 18.2 Å². The standard InChI is InChI=1S/C14H11BO4/c16-9-12-7-6-11(8-13(12)15(18)19)14(17)10-4-2-1-3-5-10/h1-9,18-19H. The molecule has 2 aromatic carbocycles. The molecule has 0 aliphatic rings. The van der Waals surface area contributed by atoms with Gasteiger partial charge in [-0.15, -0.1) is 0 Å². The highest BCUT2D eigenvalue weighted by molar-refractivity contribution is 6.60. The largest absolute Gasteiger partial charge is 0.489 e. The topological polar surface area (TPSA) is 74.6 Å². The molecule has 0 fully saturated rings. The lowest BCUT2D eigenvalue weighted by Gasteiger charge is -2.07. The fraction of sp³-hybridized carbons (Fsp3) is 0. The third-order valence-electron chi connectivity index (χ3n) is 2.79. The summed E-state index contributed by atoms with van der Waals surface area (Å²) < 4.78 is 0. The summed E-state index contributed by atoms with van der Waals surface area (Å²) in [5.41, 5.74) is 0.982. The molecule has 0 atom stereocenters. The van der Waals surface area contributed by atoms with Gasteiger partial charge in [0.15, 0.2) is 5.78 Å². The molecule has 2 N–H and O–H groups in total. The summed E-state index contributed by atoms with van der Waals surface area (Å²) >= 11 is 0. The minimum Gasteiger partial charge on any atom is -0.423 e. The third kappa shape index (κ3) is 2.78. The molecular formula is C14H11BO4. The van der Waals surface area contributed by atoms with Crippen molar-refractivity contribution in [1.82, 2.24) is 0 Å². The van der Waals surface area contributed by atoms with Gasteiger partial charge in [0.05, 0.1) is 0 Å². The molecule has 19 heavy (non-hydrogen) atoms. The molecule has 2 aromatic rings. The summed E-state index contributed by atoms with van der Waals surface area (Å²) in [5.74, 6) is -0.236. The Kier molecular flexibility index (Phi) is 3.89. The molecule has 5 heteroatoms. The van der Waals surface area contributed by atoms with Gasteiger partial charge in [-0.05, 0) is 5.46 Å². The van der Waals surface area contributed by atoms with Gasteiger partial charge in [-0.25, -0.2) is 0 Å². The fourth-order valence-electron chi connectivity index (χ4n) is 1.80. The van der Waals surface area contributed by atoms with Gasteiger partial charge in [-0.2, -0.15) is 0 Å². The SMILES string of the molecule is O=Cc1ccc(C(=O)c2ccccc2)cc1B(O)O. The molecule has 0 heterocycles. The molecule has 0 aromatic heterocycles. The molecule has 0 bridgehead atoms. The van der Waals surface area contributed by atoms with Gasteiger partial charge in [0.25, 0.3) is 0 Å². The summed E-state index contributed by atoms with van der Waals surface area (Å²) in [6.45, 7) is 0. The van der Waals surface area contributed by atoms with Crippen molar-refractivity contribution in [3.63, 3.8) is 0 Å². The van der Waals surface area contributed by atoms with Crippen molar-refractivity contribution in [2.75, 3.05) is 0 Å². The number of benzene rings is 2. The van der Waals surface area contributed by atoms with Crippen LogP contribution in [0.15, 0.2) is 48.5 Å². The maximum atomic E-state index is 12.2. The minimum absolute atomic E-state index is 0.0248. The summed E-state index contributed by atoms with van der Waals surface area (Å²) in [6, 6.07) is 12.8. The average molecular weight is 254 g/mol. The van der Waals surface area contributed by atoms with Gasteiger partial charge in [0.1, 0.15) is 6.29 Å². The van der Waals surface area contributed by atoms with E-state index in [4.69, 9.17) is 0 Å². The molecule has 0 saturated carbocycles. The average Bonchev–Trinajstić information content (AvgIpc) is 2.46. The lowest BCUT2D eigenvalue weighted by molar-refractivity contribution is 0.103. The number of hydrogen-bond donors (Lipinski definition) is 2. The predicted octanol–water partition coefficient (Wildman–Crippen LogP) is 0.410. The Bertz CT molecular complexity index is 608. The van der Waals surface area contributed by atoms with E-state index >= 15 is 0 Å². The Hall–Kier alpha value is -2.24. The summed E-state index contributed by atoms with van der Waals surface area (Å²) in [6.07, 6.45) is 0.519. The van der Waals surface area contributed by atoms with Crippen molar-refractivity contribution < 1.29 is 19.6 Å². The van der Waals surface area contributed by atoms with Crippen LogP contribution in [0, 0.1) is 0 Å². The van der Waals surface area contributed by atoms with Crippen molar-refractivity contribution in [3.8, 4) is 0 Å². The zero-order valence-corrected chi connectivity index (χ0v) is 9.98. The smallest absolute Gasteiger partial charge is 0.423 e. The zero-order valence-electron chi connectivity index (χ0n) is 9.98. The molecule has 0 aliphatic carbocycles. The summed E-state index contributed by atoms with van der Waals surface area (Å²) in [4.78, 5) is 22.9. The van der Waals surface area contributed by atoms with Gasteiger partial charge >= 0.3 is 7.12 Å². The molecule has 4 nitrogen and oxygen atoms in total. The number of carbonyl (C=O) groups excluding carboxylic acids is 2. The van der Waals surface area contributed by atoms with Gasteiger partial charge in [-0.1, -0.05) is 48.5 Å². The second kappa shape index (κ2) is 5.60. The van der Waals surface area contributed by atoms with E-state index in [-0.39, 0.29) is 16.8 Å². The second-order valence-corrected chi connectivity index (χ2v) is 4.03. The number of ketones is 1. The van der Waals surface area contributed by atoms with E-state index in [0.29, 0.717) is 17.4 Å². The molecule has 0 amide bonds. The normalized spacial score (nSPS) is 10.0. The maximum Gasteiger partial charge on any atom is 0.489 e. The third-order valence-corrected chi connectivity index (χ3v) is 2.79. The first-order valence-corrected chi connectivity index (χ1v) is 5.68. The Morgan fingerprint density at radius 1 is 1.00 bits per heavy atom. The number of aldehydes is 1. The fourth-order valence-corrected chi connectivity index (χ4v) is 1.80. The molecule has 2 rings (SSSR count). The van der Waals surface area contributed by atoms with Crippen LogP contribution in [0.4, 0.5) is 0 Å². The van der Waals surface area contributed by atoms with Crippen molar-refractivity contribution >= 4 is 24.7 Å². The van der Waals surface area contributed by atoms with E-state index in [2.05, 4.69) is 0 Å². The van der Waals surface area contributed by atoms with Crippen LogP contribution in [0.3, 0.4) is 0 Å². The highest BCUT2D eigenvalue weighted by atomic mass is 16.4. The monoisotopic (exact) mass is 254 g/mol. The van der Waals surface area contributed by atoms with Crippen LogP contribution in [0.25, 0.3) is 0 Å². The van der Waals surface area contributed by atoms with Gasteiger partial charge < -0.3 is 10.0 Å². The Balaban J connectivity index is 2.44. The van der Waals surface area contributed by atoms with Crippen molar-refractivity contribution in [2.24, 2.45) is 0 Å². The first kappa shape index (κ1) is 13.2. The Labute approximate surface area is 110 Å². The molecule has 0 saturated heterocycles. The summed E-state index contributed by atoms with van der Waals surface area (Å²) in [7, 11) is -1.79. The van der Waals surface area contributed by atoms with Gasteiger partial charge in [-0.3, -0.25) is 9.59 Å². The highest BCUT2D eigenvalue weighted by Crippen LogP contribution is 2.09. The minimum atomic E-state index is -1.79. The lowest BCUT2D eigenvalue weighted by atomic mass is 9.76. The van der Waals surface area contributed by atoms with Gasteiger partial charge in [0.2, 0.25) is 0 Å². The van der Waals surface area contributed by atoms with Crippen molar-refractivity contribution in [3.05, 3.63) is 65.2 Å². The van der Waals surface area contributed by atoms with Crippen LogP contribution in [-0.4, -0.2) is 29.2 Å². The van der Waals surface area contributed by atoms with Crippen LogP contribution in [0.2, 0.25) is 0 Å². The molecule has 0 aliphatic heterocycles. The van der Waals surface area contributed by atoms with Crippen LogP contribution in [-0.2, 0) is 0 Å². The van der Waals surface area contributed by atoms with Crippen LogP contribution >= 0.6 is 0 Å². The van der Waals surface area contributed by atoms with Crippen LogP contribution in [0.1, 0.15) is 26.3 Å². The van der Waals surface area contributed by atoms with Gasteiger partial charge in [0, 0.05) is 16.7 Å². The quantitative estimate of drug-likeness (QED) is 0.470. The molecule has 0 radical (unpaired) electrons. The van der Waals surface area contributed by atoms with E-state index in [1.807, 2.05) is 0 Å². The first-order chi connectivity index (χ1) is 9.13. The van der Waals surface area contributed by atoms with E-state index in [0.717, 1.165) is 0 Å². The van der Waals surface area contributed by atoms with E-state index in [9.17, 15) is 19.6 Å². The van der Waals surface area contributed by atoms with Crippen LogP contribution < -0.4 is 5.46 Å². The van der Waals surface area contributed by atoms with Crippen molar-refractivity contribution in [1.29, 1.82) is 0 Å². The molecule has 0 spiro atoms. The van der Waals surface area contributed by atoms with Crippen molar-refractivity contribution in [2.45, 2.75) is 0 Å². The molecule has 0 unspecified atom stereocenters. The highest BCUT2D eigenvalue weighted by Gasteiger charge is 2.18. The number of rotatable bonds is 4. The first-order valence-electron chi connectivity index (χ1n) is 5.68. The Morgan fingerprint density at radius 3 is 2.26 bits per heavy atom. The van der Waals surface area contributed by atoms with E-state index < -0.39 is 7.12 Å². The molecular weight excluding hydrogens is 243 g/mol. The maximum absolute atomic E-state index is 12.2. The summed E-state index contributed by atoms with van der Waals surface area (Å²) in [5, 5.41) is 18.4. The molecule has 94 valence electrons. The zero-order chi connectivity index (χ0) is 13.8. The second-order valence-electron chi connectivity index (χ2n) is 4.03. The number of carbonyl (C=O) groups is 2. The number of hydrogen-bond acceptors (Lipinski definition) is 4. The predicted molar refractivity (Wildman–Crippen MR) is 71.5 cm³/mol. The Morgan fingerprint density at radius 2 is 1.68 bits per heavy atom. The van der Waals surface area contributed by atoms with Crippen LogP contribution in [0.5, 0.6) is 0 Å². The lowest BCUT2D eigenvalue weighted by Crippen LogP contribution is -2.33. The van der Waals surface area contributed by atoms with E-state index in [1.54, 1.807) is 30.3 Å².